The Morgan fingerprint density at radius 2 is 1.75 bits per heavy atom. The zero-order valence-corrected chi connectivity index (χ0v) is 16.1. The lowest BCUT2D eigenvalue weighted by Gasteiger charge is -2.18. The molecule has 1 fully saturated rings. The Morgan fingerprint density at radius 1 is 1.04 bits per heavy atom. The highest BCUT2D eigenvalue weighted by Gasteiger charge is 2.30. The molecule has 1 aliphatic rings. The van der Waals surface area contributed by atoms with Crippen molar-refractivity contribution in [3.8, 4) is 11.5 Å². The second-order valence-corrected chi connectivity index (χ2v) is 6.75. The van der Waals surface area contributed by atoms with Gasteiger partial charge in [0, 0.05) is 18.0 Å². The van der Waals surface area contributed by atoms with Crippen LogP contribution >= 0.6 is 0 Å². The molecule has 6 nitrogen and oxygen atoms in total. The minimum atomic E-state index is -0.931. The van der Waals surface area contributed by atoms with Gasteiger partial charge in [-0.25, -0.2) is 0 Å². The maximum absolute atomic E-state index is 12.5. The van der Waals surface area contributed by atoms with Gasteiger partial charge in [0.1, 0.15) is 0 Å². The molecule has 1 amide bonds. The van der Waals surface area contributed by atoms with Gasteiger partial charge in [-0.05, 0) is 37.0 Å². The van der Waals surface area contributed by atoms with E-state index < -0.39 is 12.1 Å². The molecule has 0 radical (unpaired) electrons. The molecule has 2 aromatic rings. The van der Waals surface area contributed by atoms with Crippen LogP contribution in [0.4, 0.5) is 0 Å². The van der Waals surface area contributed by atoms with Crippen molar-refractivity contribution in [3.05, 3.63) is 59.7 Å². The van der Waals surface area contributed by atoms with Crippen LogP contribution in [-0.2, 0) is 20.7 Å². The van der Waals surface area contributed by atoms with E-state index in [0.29, 0.717) is 23.5 Å². The molecule has 1 atom stereocenters. The van der Waals surface area contributed by atoms with Crippen LogP contribution in [0.2, 0.25) is 0 Å². The maximum Gasteiger partial charge on any atom is 0.307 e. The quantitative estimate of drug-likeness (QED) is 0.673. The van der Waals surface area contributed by atoms with E-state index in [1.807, 2.05) is 30.3 Å². The molecule has 1 N–H and O–H groups in total. The highest BCUT2D eigenvalue weighted by Crippen LogP contribution is 2.28. The normalized spacial score (nSPS) is 14.1. The number of ether oxygens (including phenoxy) is 3. The maximum atomic E-state index is 12.5. The molecule has 1 saturated carbocycles. The molecule has 0 heterocycles. The Bertz CT molecular complexity index is 817. The largest absolute Gasteiger partial charge is 0.493 e. The first-order valence-corrected chi connectivity index (χ1v) is 9.36. The summed E-state index contributed by atoms with van der Waals surface area (Å²) in [5.74, 6) is 0.553. The van der Waals surface area contributed by atoms with Gasteiger partial charge in [-0.3, -0.25) is 9.59 Å². The summed E-state index contributed by atoms with van der Waals surface area (Å²) in [5.41, 5.74) is 1.59. The number of rotatable bonds is 9. The van der Waals surface area contributed by atoms with Gasteiger partial charge in [-0.1, -0.05) is 36.4 Å². The molecule has 0 aliphatic heterocycles. The number of esters is 1. The van der Waals surface area contributed by atoms with Crippen LogP contribution in [0.3, 0.4) is 0 Å². The summed E-state index contributed by atoms with van der Waals surface area (Å²) in [5, 5.41) is 2.91. The van der Waals surface area contributed by atoms with Gasteiger partial charge in [0.05, 0.1) is 14.2 Å². The second kappa shape index (κ2) is 9.26. The smallest absolute Gasteiger partial charge is 0.307 e. The number of amides is 1. The zero-order valence-electron chi connectivity index (χ0n) is 16.1. The number of hydrogen-bond acceptors (Lipinski definition) is 5. The van der Waals surface area contributed by atoms with Crippen molar-refractivity contribution in [1.82, 2.24) is 5.32 Å². The summed E-state index contributed by atoms with van der Waals surface area (Å²) in [4.78, 5) is 25.0. The average molecular weight is 383 g/mol. The molecule has 2 aromatic carbocycles. The SMILES string of the molecule is COc1ccc(CCC(=O)O[C@H](C(=O)NC2CC2)c2ccccc2)cc1OC. The molecular weight excluding hydrogens is 358 g/mol. The Hall–Kier alpha value is -3.02. The lowest BCUT2D eigenvalue weighted by molar-refractivity contribution is -0.156. The number of carbonyl (C=O) groups is 2. The van der Waals surface area contributed by atoms with Crippen molar-refractivity contribution in [2.75, 3.05) is 14.2 Å². The number of hydrogen-bond donors (Lipinski definition) is 1. The van der Waals surface area contributed by atoms with Crippen molar-refractivity contribution in [2.45, 2.75) is 37.8 Å². The first kappa shape index (κ1) is 19.7. The first-order valence-electron chi connectivity index (χ1n) is 9.36. The topological polar surface area (TPSA) is 73.9 Å². The van der Waals surface area contributed by atoms with Crippen LogP contribution in [0.25, 0.3) is 0 Å². The predicted octanol–water partition coefficient (Wildman–Crippen LogP) is 3.20. The zero-order chi connectivity index (χ0) is 19.9. The molecule has 3 rings (SSSR count). The van der Waals surface area contributed by atoms with E-state index in [-0.39, 0.29) is 18.4 Å². The fourth-order valence-corrected chi connectivity index (χ4v) is 2.88. The van der Waals surface area contributed by atoms with Gasteiger partial charge < -0.3 is 19.5 Å². The number of methoxy groups -OCH3 is 2. The van der Waals surface area contributed by atoms with Crippen molar-refractivity contribution >= 4 is 11.9 Å². The van der Waals surface area contributed by atoms with Crippen LogP contribution in [0.5, 0.6) is 11.5 Å². The monoisotopic (exact) mass is 383 g/mol. The second-order valence-electron chi connectivity index (χ2n) is 6.75. The third-order valence-corrected chi connectivity index (χ3v) is 4.58. The van der Waals surface area contributed by atoms with E-state index in [2.05, 4.69) is 5.32 Å². The Kier molecular flexibility index (Phi) is 6.53. The van der Waals surface area contributed by atoms with Crippen LogP contribution in [-0.4, -0.2) is 32.1 Å². The highest BCUT2D eigenvalue weighted by atomic mass is 16.5. The molecule has 1 aliphatic carbocycles. The molecule has 148 valence electrons. The third-order valence-electron chi connectivity index (χ3n) is 4.58. The summed E-state index contributed by atoms with van der Waals surface area (Å²) in [6, 6.07) is 14.8. The van der Waals surface area contributed by atoms with Crippen molar-refractivity contribution in [2.24, 2.45) is 0 Å². The van der Waals surface area contributed by atoms with Crippen molar-refractivity contribution < 1.29 is 23.8 Å². The van der Waals surface area contributed by atoms with Crippen molar-refractivity contribution in [3.63, 3.8) is 0 Å². The minimum absolute atomic E-state index is 0.162. The van der Waals surface area contributed by atoms with Gasteiger partial charge in [0.25, 0.3) is 5.91 Å². The molecule has 28 heavy (non-hydrogen) atoms. The number of nitrogens with one attached hydrogen (secondary N) is 1. The standard InChI is InChI=1S/C22H25NO5/c1-26-18-12-8-15(14-19(18)27-2)9-13-20(24)28-21(16-6-4-3-5-7-16)22(25)23-17-10-11-17/h3-8,12,14,17,21H,9-11,13H2,1-2H3,(H,23,25)/t21-/m0/s1. The fraction of sp³-hybridized carbons (Fsp3) is 0.364. The lowest BCUT2D eigenvalue weighted by atomic mass is 10.1. The highest BCUT2D eigenvalue weighted by molar-refractivity contribution is 5.85. The number of aryl methyl sites for hydroxylation is 1. The fourth-order valence-electron chi connectivity index (χ4n) is 2.88. The Balaban J connectivity index is 1.62. The number of carbonyl (C=O) groups excluding carboxylic acids is 2. The van der Waals surface area contributed by atoms with Gasteiger partial charge in [0.2, 0.25) is 6.10 Å². The van der Waals surface area contributed by atoms with E-state index in [0.717, 1.165) is 18.4 Å². The van der Waals surface area contributed by atoms with E-state index in [9.17, 15) is 9.59 Å². The average Bonchev–Trinajstić information content (AvgIpc) is 3.54. The third kappa shape index (κ3) is 5.25. The molecule has 0 saturated heterocycles. The summed E-state index contributed by atoms with van der Waals surface area (Å²) >= 11 is 0. The summed E-state index contributed by atoms with van der Waals surface area (Å²) < 4.78 is 16.1. The molecule has 0 bridgehead atoms. The van der Waals surface area contributed by atoms with Gasteiger partial charge in [-0.15, -0.1) is 0 Å². The molecular formula is C22H25NO5. The van der Waals surface area contributed by atoms with E-state index in [1.165, 1.54) is 0 Å². The number of benzene rings is 2. The van der Waals surface area contributed by atoms with Gasteiger partial charge in [-0.2, -0.15) is 0 Å². The van der Waals surface area contributed by atoms with E-state index in [4.69, 9.17) is 14.2 Å². The Labute approximate surface area is 164 Å². The Morgan fingerprint density at radius 3 is 2.39 bits per heavy atom. The van der Waals surface area contributed by atoms with E-state index in [1.54, 1.807) is 32.4 Å². The summed E-state index contributed by atoms with van der Waals surface area (Å²) in [6.07, 6.45) is 1.65. The van der Waals surface area contributed by atoms with E-state index >= 15 is 0 Å². The molecule has 0 spiro atoms. The van der Waals surface area contributed by atoms with Crippen LogP contribution in [0.15, 0.2) is 48.5 Å². The van der Waals surface area contributed by atoms with Crippen LogP contribution < -0.4 is 14.8 Å². The first-order chi connectivity index (χ1) is 13.6. The summed E-state index contributed by atoms with van der Waals surface area (Å²) in [7, 11) is 3.14. The predicted molar refractivity (Wildman–Crippen MR) is 104 cm³/mol. The molecule has 0 unspecified atom stereocenters. The lowest BCUT2D eigenvalue weighted by Crippen LogP contribution is -2.33. The molecule has 0 aromatic heterocycles. The molecule has 6 heteroatoms. The van der Waals surface area contributed by atoms with Gasteiger partial charge in [0.15, 0.2) is 11.5 Å². The minimum Gasteiger partial charge on any atom is -0.493 e. The van der Waals surface area contributed by atoms with Crippen molar-refractivity contribution in [1.29, 1.82) is 0 Å². The van der Waals surface area contributed by atoms with Crippen LogP contribution in [0.1, 0.15) is 36.5 Å². The van der Waals surface area contributed by atoms with Gasteiger partial charge >= 0.3 is 5.97 Å². The van der Waals surface area contributed by atoms with Crippen LogP contribution in [0, 0.1) is 0 Å². The summed E-state index contributed by atoms with van der Waals surface area (Å²) in [6.45, 7) is 0.